The molecule has 0 bridgehead atoms. The molecule has 33 heavy (non-hydrogen) atoms. The third kappa shape index (κ3) is 6.40. The van der Waals surface area contributed by atoms with Crippen molar-refractivity contribution in [3.8, 4) is 11.5 Å². The van der Waals surface area contributed by atoms with E-state index in [1.807, 2.05) is 24.0 Å². The van der Waals surface area contributed by atoms with E-state index in [0.29, 0.717) is 24.1 Å². The molecule has 0 spiro atoms. The lowest BCUT2D eigenvalue weighted by atomic mass is 10.1. The molecular weight excluding hydrogens is 536 g/mol. The van der Waals surface area contributed by atoms with Gasteiger partial charge in [-0.25, -0.2) is 9.37 Å². The maximum absolute atomic E-state index is 14.0. The van der Waals surface area contributed by atoms with Gasteiger partial charge in [-0.05, 0) is 42.7 Å². The van der Waals surface area contributed by atoms with Crippen LogP contribution in [0.1, 0.15) is 24.7 Å². The maximum Gasteiger partial charge on any atom is 0.257 e. The highest BCUT2D eigenvalue weighted by molar-refractivity contribution is 14.0. The molecule has 4 rings (SSSR count). The van der Waals surface area contributed by atoms with Crippen molar-refractivity contribution in [2.45, 2.75) is 32.2 Å². The third-order valence-corrected chi connectivity index (χ3v) is 5.48. The summed E-state index contributed by atoms with van der Waals surface area (Å²) >= 11 is 0. The van der Waals surface area contributed by atoms with Crippen LogP contribution in [0, 0.1) is 5.82 Å². The summed E-state index contributed by atoms with van der Waals surface area (Å²) in [7, 11) is 1.75. The van der Waals surface area contributed by atoms with Gasteiger partial charge < -0.3 is 20.1 Å². The molecule has 0 amide bonds. The quantitative estimate of drug-likeness (QED) is 0.258. The van der Waals surface area contributed by atoms with E-state index >= 15 is 0 Å². The lowest BCUT2D eigenvalue weighted by Gasteiger charge is -2.20. The standard InChI is InChI=1S/C23H28FN7O.HI/c1-3-20-29-22(32-30-20)17-8-6-16(7-9-17)10-13-27-23(25-2)28-18-11-14-31(15-18)21-19(24)5-4-12-26-21;/h4-9,12,18H,3,10-11,13-15H2,1-2H3,(H2,25,27,28);1H. The lowest BCUT2D eigenvalue weighted by Crippen LogP contribution is -2.45. The fourth-order valence-corrected chi connectivity index (χ4v) is 3.72. The molecule has 1 atom stereocenters. The molecule has 2 aromatic heterocycles. The Morgan fingerprint density at radius 1 is 1.27 bits per heavy atom. The summed E-state index contributed by atoms with van der Waals surface area (Å²) < 4.78 is 19.3. The van der Waals surface area contributed by atoms with E-state index in [1.54, 1.807) is 19.3 Å². The van der Waals surface area contributed by atoms with Gasteiger partial charge in [0.25, 0.3) is 5.89 Å². The minimum atomic E-state index is -0.286. The molecule has 0 saturated carbocycles. The van der Waals surface area contributed by atoms with E-state index in [-0.39, 0.29) is 35.8 Å². The van der Waals surface area contributed by atoms with Crippen LogP contribution in [0.15, 0.2) is 52.1 Å². The van der Waals surface area contributed by atoms with Gasteiger partial charge in [-0.3, -0.25) is 4.99 Å². The van der Waals surface area contributed by atoms with Gasteiger partial charge in [0, 0.05) is 50.9 Å². The molecule has 1 saturated heterocycles. The fourth-order valence-electron chi connectivity index (χ4n) is 3.72. The van der Waals surface area contributed by atoms with Crippen LogP contribution in [-0.4, -0.2) is 53.8 Å². The number of aliphatic imine (C=N–C) groups is 1. The number of hydrogen-bond acceptors (Lipinski definition) is 6. The first-order chi connectivity index (χ1) is 15.7. The van der Waals surface area contributed by atoms with E-state index in [4.69, 9.17) is 4.52 Å². The molecule has 1 aliphatic rings. The highest BCUT2D eigenvalue weighted by Gasteiger charge is 2.25. The molecule has 1 aromatic carbocycles. The molecule has 176 valence electrons. The third-order valence-electron chi connectivity index (χ3n) is 5.48. The number of nitrogens with zero attached hydrogens (tertiary/aromatic N) is 5. The van der Waals surface area contributed by atoms with Gasteiger partial charge in [-0.2, -0.15) is 4.98 Å². The van der Waals surface area contributed by atoms with Crippen molar-refractivity contribution in [2.24, 2.45) is 4.99 Å². The molecule has 1 unspecified atom stereocenters. The van der Waals surface area contributed by atoms with Crippen LogP contribution in [0.4, 0.5) is 10.2 Å². The molecule has 2 N–H and O–H groups in total. The zero-order valence-electron chi connectivity index (χ0n) is 18.8. The smallest absolute Gasteiger partial charge is 0.257 e. The van der Waals surface area contributed by atoms with Gasteiger partial charge >= 0.3 is 0 Å². The molecule has 10 heteroatoms. The second kappa shape index (κ2) is 11.9. The summed E-state index contributed by atoms with van der Waals surface area (Å²) in [6.07, 6.45) is 4.12. The number of halogens is 2. The largest absolute Gasteiger partial charge is 0.356 e. The van der Waals surface area contributed by atoms with Crippen molar-refractivity contribution < 1.29 is 8.91 Å². The van der Waals surface area contributed by atoms with Crippen LogP contribution in [0.25, 0.3) is 11.5 Å². The molecule has 3 aromatic rings. The second-order valence-electron chi connectivity index (χ2n) is 7.70. The Balaban J connectivity index is 0.00000306. The number of pyridine rings is 1. The molecule has 0 aliphatic carbocycles. The number of aryl methyl sites for hydroxylation is 1. The van der Waals surface area contributed by atoms with Crippen LogP contribution >= 0.6 is 24.0 Å². The van der Waals surface area contributed by atoms with Gasteiger partial charge in [-0.1, -0.05) is 24.2 Å². The van der Waals surface area contributed by atoms with Gasteiger partial charge in [0.15, 0.2) is 23.4 Å². The number of anilines is 1. The SMILES string of the molecule is CCc1noc(-c2ccc(CCNC(=NC)NC3CCN(c4ncccc4F)C3)cc2)n1.I. The van der Waals surface area contributed by atoms with Crippen molar-refractivity contribution in [1.29, 1.82) is 0 Å². The van der Waals surface area contributed by atoms with Gasteiger partial charge in [-0.15, -0.1) is 24.0 Å². The first kappa shape index (κ1) is 24.9. The second-order valence-corrected chi connectivity index (χ2v) is 7.70. The van der Waals surface area contributed by atoms with Crippen molar-refractivity contribution in [1.82, 2.24) is 25.8 Å². The normalized spacial score (nSPS) is 15.9. The minimum Gasteiger partial charge on any atom is -0.356 e. The van der Waals surface area contributed by atoms with E-state index in [9.17, 15) is 4.39 Å². The van der Waals surface area contributed by atoms with Crippen LogP contribution in [0.2, 0.25) is 0 Å². The summed E-state index contributed by atoms with van der Waals surface area (Å²) in [4.78, 5) is 14.8. The fraction of sp³-hybridized carbons (Fsp3) is 0.391. The first-order valence-corrected chi connectivity index (χ1v) is 10.9. The number of rotatable bonds is 7. The molecule has 1 fully saturated rings. The van der Waals surface area contributed by atoms with E-state index in [2.05, 4.69) is 42.9 Å². The Morgan fingerprint density at radius 3 is 2.79 bits per heavy atom. The Labute approximate surface area is 210 Å². The number of guanidine groups is 1. The first-order valence-electron chi connectivity index (χ1n) is 10.9. The predicted molar refractivity (Wildman–Crippen MR) is 138 cm³/mol. The zero-order valence-corrected chi connectivity index (χ0v) is 21.1. The van der Waals surface area contributed by atoms with Crippen LogP contribution in [0.3, 0.4) is 0 Å². The monoisotopic (exact) mass is 565 g/mol. The Kier molecular flexibility index (Phi) is 8.98. The van der Waals surface area contributed by atoms with Crippen molar-refractivity contribution in [3.05, 3.63) is 59.8 Å². The lowest BCUT2D eigenvalue weighted by molar-refractivity contribution is 0.423. The average molecular weight is 565 g/mol. The van der Waals surface area contributed by atoms with E-state index < -0.39 is 0 Å². The number of aromatic nitrogens is 3. The van der Waals surface area contributed by atoms with Crippen molar-refractivity contribution in [3.63, 3.8) is 0 Å². The van der Waals surface area contributed by atoms with Gasteiger partial charge in [0.05, 0.1) is 0 Å². The molecule has 3 heterocycles. The number of benzene rings is 1. The van der Waals surface area contributed by atoms with E-state index in [1.165, 1.54) is 11.6 Å². The highest BCUT2D eigenvalue weighted by atomic mass is 127. The zero-order chi connectivity index (χ0) is 22.3. The molecular formula is C23H29FIN7O. The summed E-state index contributed by atoms with van der Waals surface area (Å²) in [5.41, 5.74) is 2.12. The van der Waals surface area contributed by atoms with Crippen LogP contribution < -0.4 is 15.5 Å². The highest BCUT2D eigenvalue weighted by Crippen LogP contribution is 2.21. The maximum atomic E-state index is 14.0. The number of hydrogen-bond donors (Lipinski definition) is 2. The minimum absolute atomic E-state index is 0. The summed E-state index contributed by atoms with van der Waals surface area (Å²) in [6, 6.07) is 11.4. The Bertz CT molecular complexity index is 1060. The number of nitrogens with one attached hydrogen (secondary N) is 2. The van der Waals surface area contributed by atoms with Crippen LogP contribution in [-0.2, 0) is 12.8 Å². The Morgan fingerprint density at radius 2 is 2.09 bits per heavy atom. The Hall–Kier alpha value is -2.76. The summed E-state index contributed by atoms with van der Waals surface area (Å²) in [6.45, 7) is 4.18. The topological polar surface area (TPSA) is 91.5 Å². The van der Waals surface area contributed by atoms with Gasteiger partial charge in [0.2, 0.25) is 0 Å². The van der Waals surface area contributed by atoms with Crippen molar-refractivity contribution >= 4 is 35.8 Å². The summed E-state index contributed by atoms with van der Waals surface area (Å²) in [5.74, 6) is 2.13. The van der Waals surface area contributed by atoms with Gasteiger partial charge in [0.1, 0.15) is 0 Å². The molecule has 1 aliphatic heterocycles. The van der Waals surface area contributed by atoms with E-state index in [0.717, 1.165) is 43.9 Å². The molecule has 8 nitrogen and oxygen atoms in total. The summed E-state index contributed by atoms with van der Waals surface area (Å²) in [5, 5.41) is 10.7. The predicted octanol–water partition coefficient (Wildman–Crippen LogP) is 3.44. The average Bonchev–Trinajstić information content (AvgIpc) is 3.49. The molecule has 0 radical (unpaired) electrons. The van der Waals surface area contributed by atoms with Crippen LogP contribution in [0.5, 0.6) is 0 Å². The van der Waals surface area contributed by atoms with Crippen molar-refractivity contribution in [2.75, 3.05) is 31.6 Å².